The minimum atomic E-state index is -0.611. The van der Waals surface area contributed by atoms with E-state index in [1.807, 2.05) is 0 Å². The highest BCUT2D eigenvalue weighted by molar-refractivity contribution is 6.34. The molecule has 0 radical (unpaired) electrons. The summed E-state index contributed by atoms with van der Waals surface area (Å²) in [5, 5.41) is 10.2. The number of carbonyl (C=O) groups is 2. The minimum Gasteiger partial charge on any atom is -0.507 e. The molecule has 0 spiro atoms. The van der Waals surface area contributed by atoms with Gasteiger partial charge in [0.1, 0.15) is 11.5 Å². The number of rotatable bonds is 5. The van der Waals surface area contributed by atoms with Gasteiger partial charge in [0.05, 0.1) is 24.8 Å². The lowest BCUT2D eigenvalue weighted by molar-refractivity contribution is 0.0600. The van der Waals surface area contributed by atoms with Gasteiger partial charge in [-0.05, 0) is 42.5 Å². The Labute approximate surface area is 144 Å². The van der Waals surface area contributed by atoms with Gasteiger partial charge in [0.25, 0.3) is 0 Å². The summed E-state index contributed by atoms with van der Waals surface area (Å²) in [7, 11) is 2.74. The van der Waals surface area contributed by atoms with Crippen LogP contribution in [0, 0.1) is 0 Å². The first-order chi connectivity index (χ1) is 11.5. The highest BCUT2D eigenvalue weighted by Gasteiger charge is 2.14. The van der Waals surface area contributed by atoms with Crippen LogP contribution in [0.15, 0.2) is 42.5 Å². The molecule has 0 atom stereocenters. The Balaban J connectivity index is 2.35. The maximum Gasteiger partial charge on any atom is 0.338 e. The summed E-state index contributed by atoms with van der Waals surface area (Å²) in [6, 6.07) is 9.11. The average Bonchev–Trinajstić information content (AvgIpc) is 2.59. The van der Waals surface area contributed by atoms with E-state index in [0.29, 0.717) is 5.75 Å². The molecule has 124 valence electrons. The van der Waals surface area contributed by atoms with E-state index >= 15 is 0 Å². The summed E-state index contributed by atoms with van der Waals surface area (Å²) in [5.74, 6) is -0.584. The number of methoxy groups -OCH3 is 2. The van der Waals surface area contributed by atoms with Crippen LogP contribution in [0.4, 0.5) is 0 Å². The Morgan fingerprint density at radius 1 is 1.12 bits per heavy atom. The molecule has 0 saturated heterocycles. The number of phenols is 1. The van der Waals surface area contributed by atoms with Crippen molar-refractivity contribution in [2.24, 2.45) is 0 Å². The normalized spacial score (nSPS) is 10.6. The monoisotopic (exact) mass is 346 g/mol. The lowest BCUT2D eigenvalue weighted by Crippen LogP contribution is -2.04. The molecule has 0 saturated carbocycles. The SMILES string of the molecule is COC(=O)c1cccc(O)c1C=CC(=O)c1ccc(OC)cc1Cl. The number of benzene rings is 2. The van der Waals surface area contributed by atoms with E-state index in [9.17, 15) is 14.7 Å². The van der Waals surface area contributed by atoms with Crippen LogP contribution in [0.2, 0.25) is 5.02 Å². The first-order valence-corrected chi connectivity index (χ1v) is 7.32. The molecule has 2 aromatic carbocycles. The molecule has 0 heterocycles. The van der Waals surface area contributed by atoms with Crippen LogP contribution in [0.1, 0.15) is 26.3 Å². The third-order valence-corrected chi connectivity index (χ3v) is 3.64. The molecule has 1 N–H and O–H groups in total. The van der Waals surface area contributed by atoms with E-state index in [2.05, 4.69) is 4.74 Å². The number of ether oxygens (including phenoxy) is 2. The summed E-state index contributed by atoms with van der Waals surface area (Å²) in [5.41, 5.74) is 0.633. The van der Waals surface area contributed by atoms with E-state index in [4.69, 9.17) is 16.3 Å². The van der Waals surface area contributed by atoms with Crippen LogP contribution < -0.4 is 4.74 Å². The largest absolute Gasteiger partial charge is 0.507 e. The second-order valence-electron chi connectivity index (χ2n) is 4.77. The van der Waals surface area contributed by atoms with Crippen molar-refractivity contribution in [2.45, 2.75) is 0 Å². The topological polar surface area (TPSA) is 72.8 Å². The van der Waals surface area contributed by atoms with Crippen molar-refractivity contribution in [1.82, 2.24) is 0 Å². The Hall–Kier alpha value is -2.79. The predicted octanol–water partition coefficient (Wildman–Crippen LogP) is 3.74. The fourth-order valence-corrected chi connectivity index (χ4v) is 2.35. The van der Waals surface area contributed by atoms with Crippen LogP contribution in [0.25, 0.3) is 6.08 Å². The van der Waals surface area contributed by atoms with Crippen molar-refractivity contribution in [3.8, 4) is 11.5 Å². The number of hydrogen-bond donors (Lipinski definition) is 1. The molecule has 5 nitrogen and oxygen atoms in total. The number of ketones is 1. The summed E-state index contributed by atoms with van der Waals surface area (Å²) in [6.07, 6.45) is 2.58. The summed E-state index contributed by atoms with van der Waals surface area (Å²) < 4.78 is 9.70. The zero-order chi connectivity index (χ0) is 17.7. The molecule has 0 amide bonds. The van der Waals surface area contributed by atoms with Gasteiger partial charge < -0.3 is 14.6 Å². The van der Waals surface area contributed by atoms with Gasteiger partial charge in [-0.1, -0.05) is 17.7 Å². The predicted molar refractivity (Wildman–Crippen MR) is 90.8 cm³/mol. The van der Waals surface area contributed by atoms with Gasteiger partial charge in [-0.3, -0.25) is 4.79 Å². The number of aromatic hydroxyl groups is 1. The average molecular weight is 347 g/mol. The van der Waals surface area contributed by atoms with Gasteiger partial charge in [0.15, 0.2) is 5.78 Å². The van der Waals surface area contributed by atoms with Gasteiger partial charge in [-0.25, -0.2) is 4.79 Å². The number of esters is 1. The van der Waals surface area contributed by atoms with Crippen molar-refractivity contribution < 1.29 is 24.2 Å². The smallest absolute Gasteiger partial charge is 0.338 e. The van der Waals surface area contributed by atoms with Crippen LogP contribution in [0.5, 0.6) is 11.5 Å². The van der Waals surface area contributed by atoms with Gasteiger partial charge in [0, 0.05) is 11.1 Å². The number of hydrogen-bond acceptors (Lipinski definition) is 5. The summed E-state index contributed by atoms with van der Waals surface area (Å²) >= 11 is 6.06. The Bertz CT molecular complexity index is 811. The van der Waals surface area contributed by atoms with E-state index < -0.39 is 5.97 Å². The lowest BCUT2D eigenvalue weighted by atomic mass is 10.0. The molecule has 0 unspecified atom stereocenters. The van der Waals surface area contributed by atoms with E-state index in [0.717, 1.165) is 0 Å². The quantitative estimate of drug-likeness (QED) is 0.507. The second-order valence-corrected chi connectivity index (χ2v) is 5.18. The first kappa shape index (κ1) is 17.6. The van der Waals surface area contributed by atoms with Crippen LogP contribution in [-0.4, -0.2) is 31.1 Å². The third kappa shape index (κ3) is 3.75. The molecule has 0 aliphatic rings. The van der Waals surface area contributed by atoms with Crippen molar-refractivity contribution in [2.75, 3.05) is 14.2 Å². The Morgan fingerprint density at radius 2 is 1.88 bits per heavy atom. The minimum absolute atomic E-state index is 0.136. The van der Waals surface area contributed by atoms with Crippen molar-refractivity contribution >= 4 is 29.4 Å². The summed E-state index contributed by atoms with van der Waals surface area (Å²) in [4.78, 5) is 24.0. The number of phenolic OH excluding ortho intramolecular Hbond substituents is 1. The Morgan fingerprint density at radius 3 is 2.50 bits per heavy atom. The van der Waals surface area contributed by atoms with Gasteiger partial charge >= 0.3 is 5.97 Å². The number of allylic oxidation sites excluding steroid dienone is 1. The van der Waals surface area contributed by atoms with Gasteiger partial charge in [-0.2, -0.15) is 0 Å². The van der Waals surface area contributed by atoms with Gasteiger partial charge in [0.2, 0.25) is 0 Å². The van der Waals surface area contributed by atoms with E-state index in [1.165, 1.54) is 50.6 Å². The van der Waals surface area contributed by atoms with Crippen LogP contribution in [-0.2, 0) is 4.74 Å². The molecule has 2 aromatic rings. The Kier molecular flexibility index (Phi) is 5.60. The molecular formula is C18H15ClO5. The zero-order valence-electron chi connectivity index (χ0n) is 13.1. The standard InChI is InChI=1S/C18H15ClO5/c1-23-11-6-7-14(15(19)10-11)17(21)9-8-12-13(18(22)24-2)4-3-5-16(12)20/h3-10,20H,1-2H3. The number of carbonyl (C=O) groups excluding carboxylic acids is 2. The fourth-order valence-electron chi connectivity index (χ4n) is 2.09. The molecule has 2 rings (SSSR count). The van der Waals surface area contributed by atoms with Crippen LogP contribution >= 0.6 is 11.6 Å². The van der Waals surface area contributed by atoms with E-state index in [-0.39, 0.29) is 33.2 Å². The molecule has 6 heteroatoms. The first-order valence-electron chi connectivity index (χ1n) is 6.94. The van der Waals surface area contributed by atoms with Crippen molar-refractivity contribution in [3.63, 3.8) is 0 Å². The fraction of sp³-hybridized carbons (Fsp3) is 0.111. The van der Waals surface area contributed by atoms with Crippen molar-refractivity contribution in [1.29, 1.82) is 0 Å². The molecule has 0 aliphatic carbocycles. The zero-order valence-corrected chi connectivity index (χ0v) is 13.8. The molecule has 0 bridgehead atoms. The molecule has 0 aromatic heterocycles. The lowest BCUT2D eigenvalue weighted by Gasteiger charge is -2.06. The maximum absolute atomic E-state index is 12.3. The molecule has 0 aliphatic heterocycles. The van der Waals surface area contributed by atoms with E-state index in [1.54, 1.807) is 12.1 Å². The molecule has 24 heavy (non-hydrogen) atoms. The third-order valence-electron chi connectivity index (χ3n) is 3.33. The highest BCUT2D eigenvalue weighted by atomic mass is 35.5. The number of halogens is 1. The molecular weight excluding hydrogens is 332 g/mol. The van der Waals surface area contributed by atoms with Gasteiger partial charge in [-0.15, -0.1) is 0 Å². The van der Waals surface area contributed by atoms with Crippen molar-refractivity contribution in [3.05, 3.63) is 64.2 Å². The second kappa shape index (κ2) is 7.66. The highest BCUT2D eigenvalue weighted by Crippen LogP contribution is 2.26. The summed E-state index contributed by atoms with van der Waals surface area (Å²) in [6.45, 7) is 0. The van der Waals surface area contributed by atoms with Crippen LogP contribution in [0.3, 0.4) is 0 Å². The molecule has 0 fully saturated rings. The maximum atomic E-state index is 12.3.